The van der Waals surface area contributed by atoms with Crippen LogP contribution < -0.4 is 5.32 Å². The van der Waals surface area contributed by atoms with Crippen molar-refractivity contribution in [3.05, 3.63) is 56.1 Å². The standard InChI is InChI=1S/C17H17N3O2S2/c1-19-13-9-20(6-4-12-3-2-7-24-12)16(21)14(13)15(18-17(19)22)11-5-8-23-10-11/h2-3,5,7-8,10,15H,4,6,9H2,1H3,(H,18,22). The average Bonchev–Trinajstić information content (AvgIpc) is 3.31. The van der Waals surface area contributed by atoms with Gasteiger partial charge in [0.1, 0.15) is 0 Å². The van der Waals surface area contributed by atoms with Crippen molar-refractivity contribution in [2.75, 3.05) is 20.1 Å². The second-order valence-electron chi connectivity index (χ2n) is 5.91. The number of carbonyl (C=O) groups excluding carboxylic acids is 2. The lowest BCUT2D eigenvalue weighted by Gasteiger charge is -2.30. The third-order valence-electron chi connectivity index (χ3n) is 4.52. The molecule has 24 heavy (non-hydrogen) atoms. The van der Waals surface area contributed by atoms with Gasteiger partial charge in [-0.2, -0.15) is 11.3 Å². The van der Waals surface area contributed by atoms with E-state index >= 15 is 0 Å². The van der Waals surface area contributed by atoms with Crippen LogP contribution in [0.4, 0.5) is 4.79 Å². The minimum Gasteiger partial charge on any atom is -0.333 e. The molecule has 1 unspecified atom stereocenters. The van der Waals surface area contributed by atoms with Crippen LogP contribution in [0.25, 0.3) is 0 Å². The normalized spacial score (nSPS) is 20.6. The largest absolute Gasteiger partial charge is 0.333 e. The van der Waals surface area contributed by atoms with E-state index in [-0.39, 0.29) is 18.0 Å². The van der Waals surface area contributed by atoms with E-state index in [1.165, 1.54) is 4.88 Å². The lowest BCUT2D eigenvalue weighted by Crippen LogP contribution is -2.45. The van der Waals surface area contributed by atoms with Gasteiger partial charge in [-0.1, -0.05) is 6.07 Å². The van der Waals surface area contributed by atoms with Gasteiger partial charge in [-0.15, -0.1) is 11.3 Å². The van der Waals surface area contributed by atoms with Crippen LogP contribution in [0.2, 0.25) is 0 Å². The minimum absolute atomic E-state index is 0.0320. The number of carbonyl (C=O) groups is 2. The number of nitrogens with one attached hydrogen (secondary N) is 1. The first-order valence-corrected chi connectivity index (χ1v) is 9.58. The van der Waals surface area contributed by atoms with Crippen LogP contribution in [-0.2, 0) is 11.2 Å². The maximum absolute atomic E-state index is 13.0. The number of rotatable bonds is 4. The van der Waals surface area contributed by atoms with E-state index < -0.39 is 0 Å². The summed E-state index contributed by atoms with van der Waals surface area (Å²) in [7, 11) is 1.73. The first kappa shape index (κ1) is 15.4. The van der Waals surface area contributed by atoms with Gasteiger partial charge in [-0.25, -0.2) is 4.79 Å². The van der Waals surface area contributed by atoms with Crippen LogP contribution in [0.15, 0.2) is 45.6 Å². The van der Waals surface area contributed by atoms with Crippen molar-refractivity contribution < 1.29 is 9.59 Å². The summed E-state index contributed by atoms with van der Waals surface area (Å²) in [6.45, 7) is 1.18. The average molecular weight is 359 g/mol. The summed E-state index contributed by atoms with van der Waals surface area (Å²) >= 11 is 3.27. The summed E-state index contributed by atoms with van der Waals surface area (Å²) in [6.07, 6.45) is 0.845. The lowest BCUT2D eigenvalue weighted by atomic mass is 9.98. The number of urea groups is 1. The molecule has 0 radical (unpaired) electrons. The number of thiophene rings is 2. The Bertz CT molecular complexity index is 796. The maximum Gasteiger partial charge on any atom is 0.322 e. The molecule has 0 fully saturated rings. The predicted octanol–water partition coefficient (Wildman–Crippen LogP) is 2.84. The van der Waals surface area contributed by atoms with E-state index in [1.807, 2.05) is 33.2 Å². The molecule has 0 aromatic carbocycles. The van der Waals surface area contributed by atoms with Gasteiger partial charge in [0.2, 0.25) is 0 Å². The van der Waals surface area contributed by atoms with Crippen LogP contribution in [0.5, 0.6) is 0 Å². The van der Waals surface area contributed by atoms with E-state index in [1.54, 1.807) is 34.6 Å². The van der Waals surface area contributed by atoms with Gasteiger partial charge in [-0.05, 0) is 40.3 Å². The fraction of sp³-hybridized carbons (Fsp3) is 0.294. The molecule has 2 aliphatic rings. The molecule has 0 spiro atoms. The van der Waals surface area contributed by atoms with Gasteiger partial charge < -0.3 is 10.2 Å². The Kier molecular flexibility index (Phi) is 3.90. The third kappa shape index (κ3) is 2.53. The Balaban J connectivity index is 1.59. The van der Waals surface area contributed by atoms with Crippen molar-refractivity contribution >= 4 is 34.6 Å². The second kappa shape index (κ2) is 6.07. The Morgan fingerprint density at radius 2 is 2.17 bits per heavy atom. The smallest absolute Gasteiger partial charge is 0.322 e. The number of amides is 3. The Hall–Kier alpha value is -2.12. The van der Waals surface area contributed by atoms with E-state index in [4.69, 9.17) is 0 Å². The number of hydrogen-bond donors (Lipinski definition) is 1. The molecular weight excluding hydrogens is 342 g/mol. The molecule has 0 saturated heterocycles. The molecule has 0 bridgehead atoms. The van der Waals surface area contributed by atoms with Gasteiger partial charge in [-0.3, -0.25) is 9.69 Å². The van der Waals surface area contributed by atoms with Crippen molar-refractivity contribution in [3.63, 3.8) is 0 Å². The Labute approximate surface area is 148 Å². The molecule has 2 aromatic heterocycles. The summed E-state index contributed by atoms with van der Waals surface area (Å²) < 4.78 is 0. The summed E-state index contributed by atoms with van der Waals surface area (Å²) in [5, 5.41) is 8.95. The van der Waals surface area contributed by atoms with Crippen molar-refractivity contribution in [1.29, 1.82) is 0 Å². The molecule has 7 heteroatoms. The predicted molar refractivity (Wildman–Crippen MR) is 95.0 cm³/mol. The maximum atomic E-state index is 13.0. The highest BCUT2D eigenvalue weighted by molar-refractivity contribution is 7.09. The zero-order chi connectivity index (χ0) is 16.7. The summed E-state index contributed by atoms with van der Waals surface area (Å²) in [4.78, 5) is 29.9. The Morgan fingerprint density at radius 3 is 2.88 bits per heavy atom. The molecule has 4 rings (SSSR count). The third-order valence-corrected chi connectivity index (χ3v) is 6.16. The zero-order valence-corrected chi connectivity index (χ0v) is 14.8. The van der Waals surface area contributed by atoms with Gasteiger partial charge >= 0.3 is 6.03 Å². The number of likely N-dealkylation sites (N-methyl/N-ethyl adjacent to an activating group) is 1. The van der Waals surface area contributed by atoms with Gasteiger partial charge in [0.15, 0.2) is 0 Å². The first-order valence-electron chi connectivity index (χ1n) is 7.76. The lowest BCUT2D eigenvalue weighted by molar-refractivity contribution is -0.125. The number of nitrogens with zero attached hydrogens (tertiary/aromatic N) is 2. The molecule has 0 saturated carbocycles. The zero-order valence-electron chi connectivity index (χ0n) is 13.2. The highest BCUT2D eigenvalue weighted by atomic mass is 32.1. The molecule has 1 N–H and O–H groups in total. The van der Waals surface area contributed by atoms with Crippen LogP contribution in [0.3, 0.4) is 0 Å². The minimum atomic E-state index is -0.339. The molecule has 0 aliphatic carbocycles. The molecule has 124 valence electrons. The molecule has 3 amide bonds. The van der Waals surface area contributed by atoms with Crippen molar-refractivity contribution in [1.82, 2.24) is 15.1 Å². The first-order chi connectivity index (χ1) is 11.6. The molecule has 4 heterocycles. The van der Waals surface area contributed by atoms with Gasteiger partial charge in [0.05, 0.1) is 23.9 Å². The SMILES string of the molecule is CN1C(=O)NC(c2ccsc2)C2=C1CN(CCc1cccs1)C2=O. The molecule has 5 nitrogen and oxygen atoms in total. The fourth-order valence-corrected chi connectivity index (χ4v) is 4.58. The topological polar surface area (TPSA) is 52.7 Å². The van der Waals surface area contributed by atoms with Crippen LogP contribution >= 0.6 is 22.7 Å². The monoisotopic (exact) mass is 359 g/mol. The Morgan fingerprint density at radius 1 is 1.29 bits per heavy atom. The number of hydrogen-bond acceptors (Lipinski definition) is 4. The van der Waals surface area contributed by atoms with E-state index in [9.17, 15) is 9.59 Å². The quantitative estimate of drug-likeness (QED) is 0.913. The summed E-state index contributed by atoms with van der Waals surface area (Å²) in [6, 6.07) is 5.58. The van der Waals surface area contributed by atoms with Crippen molar-refractivity contribution in [2.45, 2.75) is 12.5 Å². The highest BCUT2D eigenvalue weighted by Crippen LogP contribution is 2.36. The molecule has 1 atom stereocenters. The van der Waals surface area contributed by atoms with E-state index in [0.29, 0.717) is 18.7 Å². The second-order valence-corrected chi connectivity index (χ2v) is 7.73. The van der Waals surface area contributed by atoms with Crippen LogP contribution in [0, 0.1) is 0 Å². The van der Waals surface area contributed by atoms with Crippen molar-refractivity contribution in [3.8, 4) is 0 Å². The van der Waals surface area contributed by atoms with Crippen LogP contribution in [-0.4, -0.2) is 41.9 Å². The summed E-state index contributed by atoms with van der Waals surface area (Å²) in [5.74, 6) is 0.0320. The summed E-state index contributed by atoms with van der Waals surface area (Å²) in [5.41, 5.74) is 2.51. The fourth-order valence-electron chi connectivity index (χ4n) is 3.19. The molecule has 2 aromatic rings. The highest BCUT2D eigenvalue weighted by Gasteiger charge is 2.42. The molecular formula is C17H17N3O2S2. The van der Waals surface area contributed by atoms with Crippen molar-refractivity contribution in [2.24, 2.45) is 0 Å². The molecule has 2 aliphatic heterocycles. The van der Waals surface area contributed by atoms with E-state index in [2.05, 4.69) is 11.4 Å². The van der Waals surface area contributed by atoms with Gasteiger partial charge in [0.25, 0.3) is 5.91 Å². The van der Waals surface area contributed by atoms with E-state index in [0.717, 1.165) is 17.7 Å². The van der Waals surface area contributed by atoms with Gasteiger partial charge in [0, 0.05) is 18.5 Å². The van der Waals surface area contributed by atoms with Crippen LogP contribution in [0.1, 0.15) is 16.5 Å².